The maximum atomic E-state index is 12.1. The minimum absolute atomic E-state index is 0.0276. The quantitative estimate of drug-likeness (QED) is 0.915. The summed E-state index contributed by atoms with van der Waals surface area (Å²) >= 11 is 1.76. The molecule has 2 rings (SSSR count). The molecule has 0 aliphatic carbocycles. The molecular formula is C16H20N2OS. The third-order valence-corrected chi connectivity index (χ3v) is 4.34. The number of hydrogen-bond acceptors (Lipinski definition) is 3. The molecule has 1 aromatic carbocycles. The minimum Gasteiger partial charge on any atom is -0.378 e. The van der Waals surface area contributed by atoms with E-state index >= 15 is 0 Å². The molecule has 1 heterocycles. The standard InChI is InChI=1S/C16H20N2OS/c1-4-14-8-9-15(20-14)11-17-16(19)12-6-5-7-13(10-12)18(2)3/h5-10H,4,11H2,1-3H3,(H,17,19). The second-order valence-electron chi connectivity index (χ2n) is 4.85. The maximum absolute atomic E-state index is 12.1. The summed E-state index contributed by atoms with van der Waals surface area (Å²) in [7, 11) is 3.93. The van der Waals surface area contributed by atoms with Gasteiger partial charge in [-0.05, 0) is 36.8 Å². The molecule has 2 aromatic rings. The third kappa shape index (κ3) is 3.61. The van der Waals surface area contributed by atoms with Crippen LogP contribution in [-0.4, -0.2) is 20.0 Å². The van der Waals surface area contributed by atoms with Crippen molar-refractivity contribution in [1.82, 2.24) is 5.32 Å². The number of rotatable bonds is 5. The first-order valence-corrected chi connectivity index (χ1v) is 7.55. The smallest absolute Gasteiger partial charge is 0.251 e. The molecule has 4 heteroatoms. The van der Waals surface area contributed by atoms with E-state index in [0.29, 0.717) is 12.1 Å². The summed E-state index contributed by atoms with van der Waals surface area (Å²) in [5.41, 5.74) is 1.73. The first-order chi connectivity index (χ1) is 9.60. The summed E-state index contributed by atoms with van der Waals surface area (Å²) < 4.78 is 0. The van der Waals surface area contributed by atoms with E-state index in [9.17, 15) is 4.79 Å². The first-order valence-electron chi connectivity index (χ1n) is 6.73. The topological polar surface area (TPSA) is 32.3 Å². The van der Waals surface area contributed by atoms with Crippen LogP contribution in [0.1, 0.15) is 27.0 Å². The molecule has 1 aromatic heterocycles. The highest BCUT2D eigenvalue weighted by Crippen LogP contribution is 2.17. The van der Waals surface area contributed by atoms with Crippen LogP contribution in [0.4, 0.5) is 5.69 Å². The normalized spacial score (nSPS) is 10.3. The molecule has 0 radical (unpaired) electrons. The molecule has 0 aliphatic heterocycles. The Morgan fingerprint density at radius 2 is 1.95 bits per heavy atom. The van der Waals surface area contributed by atoms with Gasteiger partial charge in [0.05, 0.1) is 6.54 Å². The average Bonchev–Trinajstić information content (AvgIpc) is 2.93. The number of aryl methyl sites for hydroxylation is 1. The number of carbonyl (C=O) groups is 1. The summed E-state index contributed by atoms with van der Waals surface area (Å²) in [5, 5.41) is 2.97. The molecule has 0 aliphatic rings. The lowest BCUT2D eigenvalue weighted by molar-refractivity contribution is 0.0951. The Hall–Kier alpha value is -1.81. The van der Waals surface area contributed by atoms with Gasteiger partial charge in [0.2, 0.25) is 0 Å². The zero-order valence-electron chi connectivity index (χ0n) is 12.1. The van der Waals surface area contributed by atoms with Gasteiger partial charge in [-0.3, -0.25) is 4.79 Å². The van der Waals surface area contributed by atoms with Gasteiger partial charge in [-0.15, -0.1) is 11.3 Å². The van der Waals surface area contributed by atoms with Crippen LogP contribution in [0, 0.1) is 0 Å². The number of carbonyl (C=O) groups excluding carboxylic acids is 1. The van der Waals surface area contributed by atoms with Crippen molar-refractivity contribution >= 4 is 22.9 Å². The van der Waals surface area contributed by atoms with E-state index in [2.05, 4.69) is 24.4 Å². The molecule has 0 saturated heterocycles. The van der Waals surface area contributed by atoms with Gasteiger partial charge in [0.25, 0.3) is 5.91 Å². The van der Waals surface area contributed by atoms with Crippen LogP contribution in [0.2, 0.25) is 0 Å². The number of nitrogens with one attached hydrogen (secondary N) is 1. The van der Waals surface area contributed by atoms with E-state index in [1.54, 1.807) is 11.3 Å². The molecule has 3 nitrogen and oxygen atoms in total. The van der Waals surface area contributed by atoms with E-state index in [4.69, 9.17) is 0 Å². The molecule has 0 bridgehead atoms. The van der Waals surface area contributed by atoms with Crippen molar-refractivity contribution in [3.63, 3.8) is 0 Å². The zero-order valence-corrected chi connectivity index (χ0v) is 13.0. The number of benzene rings is 1. The number of hydrogen-bond donors (Lipinski definition) is 1. The molecule has 0 atom stereocenters. The van der Waals surface area contributed by atoms with Crippen LogP contribution < -0.4 is 10.2 Å². The fourth-order valence-corrected chi connectivity index (χ4v) is 2.80. The number of nitrogens with zero attached hydrogens (tertiary/aromatic N) is 1. The Morgan fingerprint density at radius 3 is 2.60 bits per heavy atom. The maximum Gasteiger partial charge on any atom is 0.251 e. The minimum atomic E-state index is -0.0276. The van der Waals surface area contributed by atoms with Crippen molar-refractivity contribution < 1.29 is 4.79 Å². The predicted octanol–water partition coefficient (Wildman–Crippen LogP) is 3.31. The first kappa shape index (κ1) is 14.6. The van der Waals surface area contributed by atoms with Crippen molar-refractivity contribution in [3.05, 3.63) is 51.7 Å². The highest BCUT2D eigenvalue weighted by Gasteiger charge is 2.07. The van der Waals surface area contributed by atoms with Gasteiger partial charge in [0, 0.05) is 35.1 Å². The van der Waals surface area contributed by atoms with Gasteiger partial charge in [-0.25, -0.2) is 0 Å². The lowest BCUT2D eigenvalue weighted by Crippen LogP contribution is -2.22. The van der Waals surface area contributed by atoms with Gasteiger partial charge in [-0.1, -0.05) is 13.0 Å². The Kier molecular flexibility index (Phi) is 4.79. The second-order valence-corrected chi connectivity index (χ2v) is 6.10. The van der Waals surface area contributed by atoms with E-state index in [0.717, 1.165) is 12.1 Å². The lowest BCUT2D eigenvalue weighted by atomic mass is 10.2. The fourth-order valence-electron chi connectivity index (χ4n) is 1.90. The fraction of sp³-hybridized carbons (Fsp3) is 0.312. The monoisotopic (exact) mass is 288 g/mol. The van der Waals surface area contributed by atoms with Crippen LogP contribution >= 0.6 is 11.3 Å². The Morgan fingerprint density at radius 1 is 1.20 bits per heavy atom. The summed E-state index contributed by atoms with van der Waals surface area (Å²) in [4.78, 5) is 16.7. The van der Waals surface area contributed by atoms with Gasteiger partial charge in [0.15, 0.2) is 0 Å². The SMILES string of the molecule is CCc1ccc(CNC(=O)c2cccc(N(C)C)c2)s1. The van der Waals surface area contributed by atoms with Crippen LogP contribution in [-0.2, 0) is 13.0 Å². The van der Waals surface area contributed by atoms with Gasteiger partial charge >= 0.3 is 0 Å². The highest BCUT2D eigenvalue weighted by molar-refractivity contribution is 7.11. The molecular weight excluding hydrogens is 268 g/mol. The summed E-state index contributed by atoms with van der Waals surface area (Å²) in [6.07, 6.45) is 1.05. The number of amides is 1. The summed E-state index contributed by atoms with van der Waals surface area (Å²) in [6.45, 7) is 2.73. The zero-order chi connectivity index (χ0) is 14.5. The Bertz CT molecular complexity index is 590. The lowest BCUT2D eigenvalue weighted by Gasteiger charge is -2.13. The van der Waals surface area contributed by atoms with Crippen LogP contribution in [0.25, 0.3) is 0 Å². The van der Waals surface area contributed by atoms with E-state index in [1.165, 1.54) is 9.75 Å². The van der Waals surface area contributed by atoms with Crippen LogP contribution in [0.15, 0.2) is 36.4 Å². The number of thiophene rings is 1. The van der Waals surface area contributed by atoms with E-state index in [1.807, 2.05) is 43.3 Å². The van der Waals surface area contributed by atoms with Crippen molar-refractivity contribution in [3.8, 4) is 0 Å². The highest BCUT2D eigenvalue weighted by atomic mass is 32.1. The van der Waals surface area contributed by atoms with E-state index < -0.39 is 0 Å². The molecule has 106 valence electrons. The molecule has 0 unspecified atom stereocenters. The predicted molar refractivity (Wildman–Crippen MR) is 85.6 cm³/mol. The molecule has 0 saturated carbocycles. The largest absolute Gasteiger partial charge is 0.378 e. The van der Waals surface area contributed by atoms with Gasteiger partial charge in [0.1, 0.15) is 0 Å². The van der Waals surface area contributed by atoms with Crippen molar-refractivity contribution in [2.24, 2.45) is 0 Å². The molecule has 0 fully saturated rings. The molecule has 0 spiro atoms. The average molecular weight is 288 g/mol. The Labute approximate surface area is 124 Å². The van der Waals surface area contributed by atoms with Crippen molar-refractivity contribution in [2.75, 3.05) is 19.0 Å². The van der Waals surface area contributed by atoms with Gasteiger partial charge in [-0.2, -0.15) is 0 Å². The van der Waals surface area contributed by atoms with E-state index in [-0.39, 0.29) is 5.91 Å². The van der Waals surface area contributed by atoms with Crippen molar-refractivity contribution in [2.45, 2.75) is 19.9 Å². The van der Waals surface area contributed by atoms with Gasteiger partial charge < -0.3 is 10.2 Å². The molecule has 1 amide bonds. The van der Waals surface area contributed by atoms with Crippen molar-refractivity contribution in [1.29, 1.82) is 0 Å². The molecule has 1 N–H and O–H groups in total. The molecule has 20 heavy (non-hydrogen) atoms. The van der Waals surface area contributed by atoms with Crippen LogP contribution in [0.3, 0.4) is 0 Å². The van der Waals surface area contributed by atoms with Crippen LogP contribution in [0.5, 0.6) is 0 Å². The summed E-state index contributed by atoms with van der Waals surface area (Å²) in [6, 6.07) is 11.8. The summed E-state index contributed by atoms with van der Waals surface area (Å²) in [5.74, 6) is -0.0276. The Balaban J connectivity index is 1.99. The second kappa shape index (κ2) is 6.57. The number of anilines is 1. The third-order valence-electron chi connectivity index (χ3n) is 3.11.